The van der Waals surface area contributed by atoms with Crippen molar-refractivity contribution < 1.29 is 19.0 Å². The summed E-state index contributed by atoms with van der Waals surface area (Å²) in [5, 5.41) is 4.06. The molecule has 6 nitrogen and oxygen atoms in total. The maximum Gasteiger partial charge on any atom is 0.252 e. The molecule has 1 N–H and O–H groups in total. The molecule has 31 heavy (non-hydrogen) atoms. The molecule has 1 amide bonds. The van der Waals surface area contributed by atoms with E-state index in [0.717, 1.165) is 53.6 Å². The van der Waals surface area contributed by atoms with E-state index in [4.69, 9.17) is 19.2 Å². The molecule has 160 valence electrons. The number of nitrogens with one attached hydrogen (secondary N) is 1. The van der Waals surface area contributed by atoms with Gasteiger partial charge >= 0.3 is 0 Å². The van der Waals surface area contributed by atoms with Crippen molar-refractivity contribution in [2.45, 2.75) is 37.8 Å². The number of nitrogens with zero attached hydrogens (tertiary/aromatic N) is 1. The lowest BCUT2D eigenvalue weighted by Gasteiger charge is -2.31. The van der Waals surface area contributed by atoms with Gasteiger partial charge < -0.3 is 19.5 Å². The average Bonchev–Trinajstić information content (AvgIpc) is 2.83. The Labute approximate surface area is 181 Å². The smallest absolute Gasteiger partial charge is 0.252 e. The fourth-order valence-corrected chi connectivity index (χ4v) is 4.50. The normalized spacial score (nSPS) is 20.4. The van der Waals surface area contributed by atoms with Crippen LogP contribution in [0.5, 0.6) is 11.5 Å². The highest BCUT2D eigenvalue weighted by molar-refractivity contribution is 6.07. The molecule has 2 aliphatic rings. The third kappa shape index (κ3) is 3.95. The number of benzene rings is 2. The number of methoxy groups -OCH3 is 1. The largest absolute Gasteiger partial charge is 0.486 e. The topological polar surface area (TPSA) is 69.7 Å². The van der Waals surface area contributed by atoms with Crippen molar-refractivity contribution in [1.29, 1.82) is 0 Å². The standard InChI is InChI=1S/C25H26N2O4/c1-29-22-9-5-4-8-20(22)27-25(28)18-15-21(26-19-7-3-2-6-17(18)19)16-10-11-23-24(14-16)31-13-12-30-23/h2-3,6-7,10-11,14-15,20,22H,4-5,8-9,12-13H2,1H3,(H,27,28)/t20-,22-/m1/s1. The minimum Gasteiger partial charge on any atom is -0.486 e. The lowest BCUT2D eigenvalue weighted by Crippen LogP contribution is -2.46. The number of para-hydroxylation sites is 1. The van der Waals surface area contributed by atoms with Gasteiger partial charge in [-0.05, 0) is 43.2 Å². The van der Waals surface area contributed by atoms with Crippen LogP contribution in [0, 0.1) is 0 Å². The molecule has 2 aromatic carbocycles. The van der Waals surface area contributed by atoms with Gasteiger partial charge in [0.15, 0.2) is 11.5 Å². The summed E-state index contributed by atoms with van der Waals surface area (Å²) in [5.74, 6) is 1.35. The second-order valence-corrected chi connectivity index (χ2v) is 8.07. The number of amides is 1. The average molecular weight is 418 g/mol. The highest BCUT2D eigenvalue weighted by atomic mass is 16.6. The Morgan fingerprint density at radius 1 is 1.03 bits per heavy atom. The summed E-state index contributed by atoms with van der Waals surface area (Å²) in [5.41, 5.74) is 3.02. The zero-order valence-corrected chi connectivity index (χ0v) is 17.6. The minimum absolute atomic E-state index is 0.0240. The molecule has 2 atom stereocenters. The quantitative estimate of drug-likeness (QED) is 0.682. The van der Waals surface area contributed by atoms with Crippen LogP contribution in [0.4, 0.5) is 0 Å². The lowest BCUT2D eigenvalue weighted by molar-refractivity contribution is 0.0393. The van der Waals surface area contributed by atoms with Crippen LogP contribution in [-0.4, -0.2) is 43.4 Å². The van der Waals surface area contributed by atoms with E-state index in [1.165, 1.54) is 0 Å². The van der Waals surface area contributed by atoms with E-state index in [0.29, 0.717) is 24.5 Å². The predicted octanol–water partition coefficient (Wildman–Crippen LogP) is 4.36. The van der Waals surface area contributed by atoms with Gasteiger partial charge in [-0.15, -0.1) is 0 Å². The molecule has 0 saturated heterocycles. The maximum absolute atomic E-state index is 13.4. The molecule has 0 radical (unpaired) electrons. The van der Waals surface area contributed by atoms with Crippen LogP contribution in [-0.2, 0) is 4.74 Å². The first kappa shape index (κ1) is 19.8. The lowest BCUT2D eigenvalue weighted by atomic mass is 9.92. The van der Waals surface area contributed by atoms with E-state index in [-0.39, 0.29) is 18.1 Å². The van der Waals surface area contributed by atoms with Crippen LogP contribution in [0.1, 0.15) is 36.0 Å². The third-order valence-corrected chi connectivity index (χ3v) is 6.12. The van der Waals surface area contributed by atoms with Gasteiger partial charge in [0.1, 0.15) is 13.2 Å². The van der Waals surface area contributed by atoms with Crippen LogP contribution in [0.15, 0.2) is 48.5 Å². The number of carbonyl (C=O) groups excluding carboxylic acids is 1. The first-order valence-corrected chi connectivity index (χ1v) is 10.9. The highest BCUT2D eigenvalue weighted by Crippen LogP contribution is 2.35. The molecule has 1 saturated carbocycles. The Bertz CT molecular complexity index is 1110. The number of hydrogen-bond acceptors (Lipinski definition) is 5. The van der Waals surface area contributed by atoms with Crippen molar-refractivity contribution in [1.82, 2.24) is 10.3 Å². The number of carbonyl (C=O) groups is 1. The molecular formula is C25H26N2O4. The summed E-state index contributed by atoms with van der Waals surface area (Å²) in [4.78, 5) is 18.2. The Morgan fingerprint density at radius 3 is 2.71 bits per heavy atom. The zero-order valence-electron chi connectivity index (χ0n) is 17.6. The molecule has 0 spiro atoms. The van der Waals surface area contributed by atoms with Gasteiger partial charge in [0, 0.05) is 18.1 Å². The van der Waals surface area contributed by atoms with Gasteiger partial charge in [0.25, 0.3) is 5.91 Å². The van der Waals surface area contributed by atoms with Gasteiger partial charge in [-0.2, -0.15) is 0 Å². The molecule has 1 aliphatic carbocycles. The van der Waals surface area contributed by atoms with Crippen molar-refractivity contribution in [3.05, 3.63) is 54.1 Å². The molecule has 3 aromatic rings. The number of hydrogen-bond donors (Lipinski definition) is 1. The van der Waals surface area contributed by atoms with Gasteiger partial charge in [0.05, 0.1) is 28.9 Å². The Morgan fingerprint density at radius 2 is 1.84 bits per heavy atom. The van der Waals surface area contributed by atoms with Crippen LogP contribution in [0.3, 0.4) is 0 Å². The Kier molecular flexibility index (Phi) is 5.47. The number of rotatable bonds is 4. The number of ether oxygens (including phenoxy) is 3. The first-order valence-electron chi connectivity index (χ1n) is 10.9. The summed E-state index contributed by atoms with van der Waals surface area (Å²) in [6.45, 7) is 1.08. The zero-order chi connectivity index (χ0) is 21.2. The second kappa shape index (κ2) is 8.55. The van der Waals surface area contributed by atoms with Gasteiger partial charge in [-0.1, -0.05) is 31.0 Å². The van der Waals surface area contributed by atoms with Gasteiger partial charge in [-0.25, -0.2) is 4.98 Å². The second-order valence-electron chi connectivity index (χ2n) is 8.07. The van der Waals surface area contributed by atoms with Crippen molar-refractivity contribution in [3.63, 3.8) is 0 Å². The summed E-state index contributed by atoms with van der Waals surface area (Å²) >= 11 is 0. The third-order valence-electron chi connectivity index (χ3n) is 6.12. The fourth-order valence-electron chi connectivity index (χ4n) is 4.50. The highest BCUT2D eigenvalue weighted by Gasteiger charge is 2.27. The summed E-state index contributed by atoms with van der Waals surface area (Å²) in [6.07, 6.45) is 4.20. The van der Waals surface area contributed by atoms with Crippen molar-refractivity contribution >= 4 is 16.8 Å². The van der Waals surface area contributed by atoms with E-state index < -0.39 is 0 Å². The van der Waals surface area contributed by atoms with Crippen LogP contribution in [0.25, 0.3) is 22.2 Å². The van der Waals surface area contributed by atoms with Crippen molar-refractivity contribution in [2.75, 3.05) is 20.3 Å². The van der Waals surface area contributed by atoms with E-state index in [2.05, 4.69) is 5.32 Å². The van der Waals surface area contributed by atoms with E-state index in [9.17, 15) is 4.79 Å². The van der Waals surface area contributed by atoms with Crippen LogP contribution >= 0.6 is 0 Å². The summed E-state index contributed by atoms with van der Waals surface area (Å²) < 4.78 is 17.0. The van der Waals surface area contributed by atoms with E-state index >= 15 is 0 Å². The van der Waals surface area contributed by atoms with E-state index in [1.807, 2.05) is 48.5 Å². The summed E-state index contributed by atoms with van der Waals surface area (Å²) in [7, 11) is 1.72. The van der Waals surface area contributed by atoms with Gasteiger partial charge in [0.2, 0.25) is 0 Å². The number of pyridine rings is 1. The predicted molar refractivity (Wildman–Crippen MR) is 119 cm³/mol. The molecule has 6 heteroatoms. The molecule has 5 rings (SSSR count). The minimum atomic E-state index is -0.0913. The number of aromatic nitrogens is 1. The van der Waals surface area contributed by atoms with Crippen molar-refractivity contribution in [3.8, 4) is 22.8 Å². The first-order chi connectivity index (χ1) is 15.2. The number of fused-ring (bicyclic) bond motifs is 2. The molecule has 0 bridgehead atoms. The Balaban J connectivity index is 1.52. The van der Waals surface area contributed by atoms with Crippen molar-refractivity contribution in [2.24, 2.45) is 0 Å². The molecule has 1 aromatic heterocycles. The Hall–Kier alpha value is -3.12. The molecule has 2 heterocycles. The molecular weight excluding hydrogens is 392 g/mol. The molecule has 0 unspecified atom stereocenters. The van der Waals surface area contributed by atoms with Gasteiger partial charge in [-0.3, -0.25) is 4.79 Å². The SMILES string of the molecule is CO[C@@H]1CCCC[C@H]1NC(=O)c1cc(-c2ccc3c(c2)OCCO3)nc2ccccc12. The van der Waals surface area contributed by atoms with E-state index in [1.54, 1.807) is 7.11 Å². The monoisotopic (exact) mass is 418 g/mol. The maximum atomic E-state index is 13.4. The fraction of sp³-hybridized carbons (Fsp3) is 0.360. The van der Waals surface area contributed by atoms with Crippen LogP contribution < -0.4 is 14.8 Å². The summed E-state index contributed by atoms with van der Waals surface area (Å²) in [6, 6.07) is 15.4. The molecule has 1 fully saturated rings. The molecule has 1 aliphatic heterocycles. The van der Waals surface area contributed by atoms with Crippen LogP contribution in [0.2, 0.25) is 0 Å².